The number of pyridine rings is 2. The lowest BCUT2D eigenvalue weighted by Gasteiger charge is -2.14. The number of rotatable bonds is 7. The zero-order valence-electron chi connectivity index (χ0n) is 21.8. The Morgan fingerprint density at radius 3 is 2.05 bits per heavy atom. The summed E-state index contributed by atoms with van der Waals surface area (Å²) in [5, 5.41) is 4.57. The van der Waals surface area contributed by atoms with Crippen molar-refractivity contribution in [3.05, 3.63) is 132 Å². The van der Waals surface area contributed by atoms with E-state index >= 15 is 0 Å². The number of hydrogen-bond donors (Lipinski definition) is 0. The highest BCUT2D eigenvalue weighted by Gasteiger charge is 2.14. The van der Waals surface area contributed by atoms with E-state index in [1.54, 1.807) is 0 Å². The minimum Gasteiger partial charge on any atom is -0.462 e. The number of aryl methyl sites for hydroxylation is 2. The molecule has 4 heteroatoms. The van der Waals surface area contributed by atoms with Gasteiger partial charge in [0.2, 0.25) is 0 Å². The molecule has 0 aliphatic carbocycles. The number of ether oxygens (including phenoxy) is 1. The molecule has 2 heterocycles. The molecule has 0 fully saturated rings. The maximum atomic E-state index is 12.6. The van der Waals surface area contributed by atoms with Crippen molar-refractivity contribution in [2.75, 3.05) is 6.61 Å². The third kappa shape index (κ3) is 5.01. The maximum Gasteiger partial charge on any atom is 0.338 e. The average molecular weight is 509 g/mol. The Morgan fingerprint density at radius 1 is 0.692 bits per heavy atom. The van der Waals surface area contributed by atoms with Crippen LogP contribution in [0.3, 0.4) is 0 Å². The molecule has 0 aliphatic rings. The van der Waals surface area contributed by atoms with Gasteiger partial charge in [-0.2, -0.15) is 0 Å². The van der Waals surface area contributed by atoms with Crippen LogP contribution in [0.15, 0.2) is 116 Å². The number of aromatic nitrogens is 2. The molecule has 0 aliphatic heterocycles. The van der Waals surface area contributed by atoms with Gasteiger partial charge in [-0.3, -0.25) is 9.97 Å². The van der Waals surface area contributed by atoms with Gasteiger partial charge in [-0.1, -0.05) is 66.7 Å². The first-order valence-corrected chi connectivity index (χ1v) is 13.3. The number of nitrogens with zero attached hydrogens (tertiary/aromatic N) is 2. The molecule has 6 rings (SSSR count). The molecular weight excluding hydrogens is 480 g/mol. The summed E-state index contributed by atoms with van der Waals surface area (Å²) in [7, 11) is 0. The summed E-state index contributed by atoms with van der Waals surface area (Å²) in [5.41, 5.74) is 7.51. The molecular formula is C35H28N2O2. The van der Waals surface area contributed by atoms with Gasteiger partial charge in [-0.05, 0) is 88.2 Å². The smallest absolute Gasteiger partial charge is 0.338 e. The predicted octanol–water partition coefficient (Wildman–Crippen LogP) is 8.08. The second-order valence-electron chi connectivity index (χ2n) is 9.59. The van der Waals surface area contributed by atoms with Crippen LogP contribution in [0.1, 0.15) is 28.4 Å². The van der Waals surface area contributed by atoms with Crippen LogP contribution in [-0.4, -0.2) is 22.5 Å². The molecule has 0 spiro atoms. The molecule has 4 aromatic carbocycles. The summed E-state index contributed by atoms with van der Waals surface area (Å²) >= 11 is 0. The van der Waals surface area contributed by atoms with Gasteiger partial charge >= 0.3 is 5.97 Å². The van der Waals surface area contributed by atoms with Crippen LogP contribution in [0.25, 0.3) is 43.8 Å². The largest absolute Gasteiger partial charge is 0.462 e. The third-order valence-corrected chi connectivity index (χ3v) is 7.22. The van der Waals surface area contributed by atoms with E-state index in [4.69, 9.17) is 4.74 Å². The van der Waals surface area contributed by atoms with Crippen LogP contribution in [0.2, 0.25) is 0 Å². The summed E-state index contributed by atoms with van der Waals surface area (Å²) in [6.07, 6.45) is 9.12. The van der Waals surface area contributed by atoms with Crippen molar-refractivity contribution in [2.45, 2.75) is 19.8 Å². The molecule has 0 N–H and O–H groups in total. The fraction of sp³-hybridized carbons (Fsp3) is 0.114. The van der Waals surface area contributed by atoms with Gasteiger partial charge in [0.25, 0.3) is 0 Å². The van der Waals surface area contributed by atoms with Crippen molar-refractivity contribution in [1.29, 1.82) is 0 Å². The Balaban J connectivity index is 1.32. The Labute approximate surface area is 228 Å². The fourth-order valence-corrected chi connectivity index (χ4v) is 5.25. The van der Waals surface area contributed by atoms with Gasteiger partial charge in [0.1, 0.15) is 0 Å². The van der Waals surface area contributed by atoms with E-state index in [0.29, 0.717) is 12.2 Å². The van der Waals surface area contributed by atoms with E-state index < -0.39 is 0 Å². The van der Waals surface area contributed by atoms with Crippen molar-refractivity contribution < 1.29 is 9.53 Å². The van der Waals surface area contributed by atoms with Crippen molar-refractivity contribution in [3.63, 3.8) is 0 Å². The maximum absolute atomic E-state index is 12.6. The summed E-state index contributed by atoms with van der Waals surface area (Å²) in [4.78, 5) is 21.3. The van der Waals surface area contributed by atoms with E-state index in [-0.39, 0.29) is 5.97 Å². The Bertz CT molecular complexity index is 1780. The molecule has 0 atom stereocenters. The highest BCUT2D eigenvalue weighted by atomic mass is 16.5. The first-order valence-electron chi connectivity index (χ1n) is 13.3. The molecule has 6 aromatic rings. The molecule has 0 unspecified atom stereocenters. The highest BCUT2D eigenvalue weighted by molar-refractivity contribution is 5.98. The molecule has 0 bridgehead atoms. The number of carbonyl (C=O) groups excluding carboxylic acids is 1. The second-order valence-corrected chi connectivity index (χ2v) is 9.59. The molecule has 0 radical (unpaired) electrons. The summed E-state index contributed by atoms with van der Waals surface area (Å²) in [6.45, 7) is 2.18. The zero-order chi connectivity index (χ0) is 26.6. The number of carbonyl (C=O) groups is 1. The lowest BCUT2D eigenvalue weighted by molar-refractivity contribution is 0.0526. The highest BCUT2D eigenvalue weighted by Crippen LogP contribution is 2.33. The zero-order valence-corrected chi connectivity index (χ0v) is 21.8. The van der Waals surface area contributed by atoms with Gasteiger partial charge in [-0.15, -0.1) is 0 Å². The number of benzene rings is 4. The molecule has 0 amide bonds. The van der Waals surface area contributed by atoms with Crippen molar-refractivity contribution in [3.8, 4) is 22.3 Å². The van der Waals surface area contributed by atoms with Crippen LogP contribution >= 0.6 is 0 Å². The lowest BCUT2D eigenvalue weighted by atomic mass is 9.91. The quantitative estimate of drug-likeness (QED) is 0.205. The van der Waals surface area contributed by atoms with E-state index in [9.17, 15) is 4.79 Å². The van der Waals surface area contributed by atoms with Crippen molar-refractivity contribution in [1.82, 2.24) is 9.97 Å². The van der Waals surface area contributed by atoms with Gasteiger partial charge < -0.3 is 4.74 Å². The van der Waals surface area contributed by atoms with Gasteiger partial charge in [0.05, 0.1) is 12.2 Å². The Hall–Kier alpha value is -4.83. The Kier molecular flexibility index (Phi) is 6.84. The van der Waals surface area contributed by atoms with Gasteiger partial charge in [0, 0.05) is 35.6 Å². The van der Waals surface area contributed by atoms with Gasteiger partial charge in [0.15, 0.2) is 0 Å². The number of fused-ring (bicyclic) bond motifs is 2. The van der Waals surface area contributed by atoms with Crippen LogP contribution < -0.4 is 0 Å². The van der Waals surface area contributed by atoms with E-state index in [2.05, 4.69) is 70.6 Å². The average Bonchev–Trinajstić information content (AvgIpc) is 3.00. The normalized spacial score (nSPS) is 11.1. The summed E-state index contributed by atoms with van der Waals surface area (Å²) < 4.78 is 5.29. The summed E-state index contributed by atoms with van der Waals surface area (Å²) in [6, 6.07) is 31.4. The Morgan fingerprint density at radius 2 is 1.36 bits per heavy atom. The molecule has 2 aromatic heterocycles. The molecule has 0 saturated heterocycles. The predicted molar refractivity (Wildman–Crippen MR) is 158 cm³/mol. The fourth-order valence-electron chi connectivity index (χ4n) is 5.25. The van der Waals surface area contributed by atoms with Crippen molar-refractivity contribution in [2.24, 2.45) is 0 Å². The van der Waals surface area contributed by atoms with Crippen molar-refractivity contribution >= 4 is 27.5 Å². The van der Waals surface area contributed by atoms with Gasteiger partial charge in [-0.25, -0.2) is 4.79 Å². The van der Waals surface area contributed by atoms with Crippen LogP contribution in [0.4, 0.5) is 0 Å². The molecule has 4 nitrogen and oxygen atoms in total. The number of esters is 1. The molecule has 190 valence electrons. The molecule has 39 heavy (non-hydrogen) atoms. The topological polar surface area (TPSA) is 52.1 Å². The van der Waals surface area contributed by atoms with Crippen LogP contribution in [-0.2, 0) is 17.6 Å². The summed E-state index contributed by atoms with van der Waals surface area (Å²) in [5.74, 6) is -0.293. The number of hydrogen-bond acceptors (Lipinski definition) is 4. The monoisotopic (exact) mass is 508 g/mol. The van der Waals surface area contributed by atoms with E-state index in [1.807, 2.05) is 62.0 Å². The van der Waals surface area contributed by atoms with E-state index in [0.717, 1.165) is 45.7 Å². The lowest BCUT2D eigenvalue weighted by Crippen LogP contribution is -2.06. The first-order chi connectivity index (χ1) is 19.2. The third-order valence-electron chi connectivity index (χ3n) is 7.22. The van der Waals surface area contributed by atoms with Crippen LogP contribution in [0.5, 0.6) is 0 Å². The molecule has 0 saturated carbocycles. The van der Waals surface area contributed by atoms with E-state index in [1.165, 1.54) is 22.1 Å². The minimum atomic E-state index is -0.293. The minimum absolute atomic E-state index is 0.293. The SMILES string of the molecule is CCOC(=O)c1ccc(-c2cccc3ccncc23)c(CCc2ccc(-c3cccc4ccncc34)cc2)c1. The van der Waals surface area contributed by atoms with Crippen LogP contribution in [0, 0.1) is 0 Å². The standard InChI is InChI=1S/C35H28N2O2/c1-2-39-35(38)29-15-16-31(32-8-4-6-26-18-20-37-23-34(26)32)28(21-29)14-11-24-9-12-27(13-10-24)30-7-3-5-25-17-19-36-22-33(25)30/h3-10,12-13,15-23H,2,11,14H2,1H3. The first kappa shape index (κ1) is 24.5. The second kappa shape index (κ2) is 10.9.